The Labute approximate surface area is 242 Å². The van der Waals surface area contributed by atoms with Gasteiger partial charge >= 0.3 is 0 Å². The van der Waals surface area contributed by atoms with E-state index in [4.69, 9.17) is 14.2 Å². The van der Waals surface area contributed by atoms with Crippen LogP contribution in [0.3, 0.4) is 0 Å². The molecule has 3 rings (SSSR count). The van der Waals surface area contributed by atoms with Gasteiger partial charge in [-0.2, -0.15) is 0 Å². The lowest BCUT2D eigenvalue weighted by molar-refractivity contribution is -0.141. The number of thiophene rings is 1. The van der Waals surface area contributed by atoms with E-state index in [1.807, 2.05) is 60.4 Å². The molecule has 3 aromatic rings. The molecule has 1 aromatic heterocycles. The number of benzene rings is 2. The average Bonchev–Trinajstić information content (AvgIpc) is 3.40. The Bertz CT molecular complexity index is 1200. The number of nitrogens with zero attached hydrogens (tertiary/aromatic N) is 2. The maximum atomic E-state index is 13.7. The minimum atomic E-state index is -0.0593. The first-order valence-corrected chi connectivity index (χ1v) is 14.7. The van der Waals surface area contributed by atoms with Crippen LogP contribution in [0.2, 0.25) is 0 Å². The zero-order valence-electron chi connectivity index (χ0n) is 24.2. The van der Waals surface area contributed by atoms with Crippen LogP contribution in [0.15, 0.2) is 60.7 Å². The van der Waals surface area contributed by atoms with E-state index in [1.54, 1.807) is 30.5 Å². The van der Waals surface area contributed by atoms with Gasteiger partial charge in [-0.25, -0.2) is 0 Å². The van der Waals surface area contributed by atoms with Crippen LogP contribution in [0, 0.1) is 6.92 Å². The molecule has 0 bridgehead atoms. The summed E-state index contributed by atoms with van der Waals surface area (Å²) in [5, 5.41) is 0. The molecule has 2 amide bonds. The van der Waals surface area contributed by atoms with E-state index >= 15 is 0 Å². The van der Waals surface area contributed by atoms with E-state index in [1.165, 1.54) is 4.88 Å². The van der Waals surface area contributed by atoms with E-state index < -0.39 is 0 Å². The zero-order chi connectivity index (χ0) is 28.7. The summed E-state index contributed by atoms with van der Waals surface area (Å²) in [5.41, 5.74) is 2.16. The number of aryl methyl sites for hydroxylation is 2. The predicted octanol–water partition coefficient (Wildman–Crippen LogP) is 5.53. The molecule has 0 saturated carbocycles. The van der Waals surface area contributed by atoms with Crippen molar-refractivity contribution in [2.75, 3.05) is 47.1 Å². The third-order valence-corrected chi connectivity index (χ3v) is 7.67. The van der Waals surface area contributed by atoms with Gasteiger partial charge in [-0.1, -0.05) is 36.4 Å². The molecule has 0 atom stereocenters. The van der Waals surface area contributed by atoms with Gasteiger partial charge in [0.25, 0.3) is 0 Å². The van der Waals surface area contributed by atoms with E-state index in [9.17, 15) is 9.59 Å². The van der Waals surface area contributed by atoms with Gasteiger partial charge in [0.05, 0.1) is 27.3 Å². The molecule has 0 unspecified atom stereocenters. The highest BCUT2D eigenvalue weighted by atomic mass is 32.1. The molecule has 40 heavy (non-hydrogen) atoms. The third kappa shape index (κ3) is 9.99. The fraction of sp³-hybridized carbons (Fsp3) is 0.438. The Morgan fingerprint density at radius 1 is 0.825 bits per heavy atom. The molecule has 0 aliphatic heterocycles. The standard InChI is InChI=1S/C32H42N2O5S/c1-5-39-21-9-19-33(31(35)17-14-26-10-7-6-8-11-26)24-32(36)34(23-28-15-12-25(2)40-28)20-18-27-13-16-29(37-3)30(22-27)38-4/h6-8,10-13,15-16,22H,5,9,14,17-21,23-24H2,1-4H3. The number of methoxy groups -OCH3 is 2. The van der Waals surface area contributed by atoms with Gasteiger partial charge in [0.2, 0.25) is 11.8 Å². The van der Waals surface area contributed by atoms with Crippen LogP contribution in [0.25, 0.3) is 0 Å². The van der Waals surface area contributed by atoms with Crippen molar-refractivity contribution in [1.29, 1.82) is 0 Å². The SMILES string of the molecule is CCOCCCN(CC(=O)N(CCc1ccc(OC)c(OC)c1)Cc1ccc(C)s1)C(=O)CCc1ccccc1. The zero-order valence-corrected chi connectivity index (χ0v) is 25.0. The van der Waals surface area contributed by atoms with Crippen molar-refractivity contribution in [2.45, 2.75) is 46.1 Å². The lowest BCUT2D eigenvalue weighted by Gasteiger charge is -2.28. The molecule has 0 N–H and O–H groups in total. The lowest BCUT2D eigenvalue weighted by Crippen LogP contribution is -2.44. The van der Waals surface area contributed by atoms with Gasteiger partial charge in [-0.05, 0) is 68.5 Å². The topological polar surface area (TPSA) is 68.3 Å². The number of ether oxygens (including phenoxy) is 3. The van der Waals surface area contributed by atoms with Crippen LogP contribution in [0.4, 0.5) is 0 Å². The molecule has 2 aromatic carbocycles. The van der Waals surface area contributed by atoms with Crippen molar-refractivity contribution < 1.29 is 23.8 Å². The predicted molar refractivity (Wildman–Crippen MR) is 160 cm³/mol. The molecule has 216 valence electrons. The second kappa shape index (κ2) is 16.7. The monoisotopic (exact) mass is 566 g/mol. The molecule has 0 radical (unpaired) electrons. The molecule has 8 heteroatoms. The van der Waals surface area contributed by atoms with Crippen molar-refractivity contribution in [3.63, 3.8) is 0 Å². The van der Waals surface area contributed by atoms with Crippen LogP contribution >= 0.6 is 11.3 Å². The van der Waals surface area contributed by atoms with Crippen LogP contribution < -0.4 is 9.47 Å². The highest BCUT2D eigenvalue weighted by Crippen LogP contribution is 2.28. The van der Waals surface area contributed by atoms with Gasteiger partial charge < -0.3 is 24.0 Å². The summed E-state index contributed by atoms with van der Waals surface area (Å²) < 4.78 is 16.3. The van der Waals surface area contributed by atoms with Gasteiger partial charge in [-0.3, -0.25) is 9.59 Å². The number of hydrogen-bond acceptors (Lipinski definition) is 6. The van der Waals surface area contributed by atoms with E-state index in [2.05, 4.69) is 19.1 Å². The van der Waals surface area contributed by atoms with E-state index in [0.29, 0.717) is 70.0 Å². The Kier molecular flexibility index (Phi) is 13.0. The molecule has 7 nitrogen and oxygen atoms in total. The molecule has 0 fully saturated rings. The number of hydrogen-bond donors (Lipinski definition) is 0. The van der Waals surface area contributed by atoms with Crippen molar-refractivity contribution in [2.24, 2.45) is 0 Å². The summed E-state index contributed by atoms with van der Waals surface area (Å²) in [5.74, 6) is 1.26. The Morgan fingerprint density at radius 3 is 2.27 bits per heavy atom. The first kappa shape index (κ1) is 31.2. The highest BCUT2D eigenvalue weighted by molar-refractivity contribution is 7.11. The maximum Gasteiger partial charge on any atom is 0.242 e. The van der Waals surface area contributed by atoms with Gasteiger partial charge in [-0.15, -0.1) is 11.3 Å². The largest absolute Gasteiger partial charge is 0.493 e. The van der Waals surface area contributed by atoms with Crippen molar-refractivity contribution in [3.05, 3.63) is 81.5 Å². The number of rotatable bonds is 17. The van der Waals surface area contributed by atoms with Gasteiger partial charge in [0.15, 0.2) is 11.5 Å². The summed E-state index contributed by atoms with van der Waals surface area (Å²) in [6, 6.07) is 19.9. The van der Waals surface area contributed by atoms with Crippen LogP contribution in [0.5, 0.6) is 11.5 Å². The van der Waals surface area contributed by atoms with E-state index in [0.717, 1.165) is 16.0 Å². The molecule has 1 heterocycles. The molecule has 0 aliphatic carbocycles. The summed E-state index contributed by atoms with van der Waals surface area (Å²) in [6.07, 6.45) is 2.35. The summed E-state index contributed by atoms with van der Waals surface area (Å²) in [7, 11) is 3.23. The molecular formula is C32H42N2O5S. The normalized spacial score (nSPS) is 10.8. The number of carbonyl (C=O) groups is 2. The third-order valence-electron chi connectivity index (χ3n) is 6.68. The Morgan fingerprint density at radius 2 is 1.60 bits per heavy atom. The van der Waals surface area contributed by atoms with E-state index in [-0.39, 0.29) is 18.4 Å². The first-order chi connectivity index (χ1) is 19.4. The average molecular weight is 567 g/mol. The van der Waals surface area contributed by atoms with Gasteiger partial charge in [0.1, 0.15) is 0 Å². The first-order valence-electron chi connectivity index (χ1n) is 13.9. The Hall–Kier alpha value is -3.36. The summed E-state index contributed by atoms with van der Waals surface area (Å²) in [6.45, 7) is 6.78. The molecular weight excluding hydrogens is 524 g/mol. The van der Waals surface area contributed by atoms with Crippen molar-refractivity contribution >= 4 is 23.2 Å². The number of carbonyl (C=O) groups excluding carboxylic acids is 2. The van der Waals surface area contributed by atoms with Crippen LogP contribution in [-0.4, -0.2) is 68.7 Å². The van der Waals surface area contributed by atoms with Crippen molar-refractivity contribution in [1.82, 2.24) is 9.80 Å². The lowest BCUT2D eigenvalue weighted by atomic mass is 10.1. The Balaban J connectivity index is 1.72. The number of amides is 2. The minimum Gasteiger partial charge on any atom is -0.493 e. The second-order valence-corrected chi connectivity index (χ2v) is 11.0. The van der Waals surface area contributed by atoms with Crippen LogP contribution in [0.1, 0.15) is 40.6 Å². The van der Waals surface area contributed by atoms with Crippen molar-refractivity contribution in [3.8, 4) is 11.5 Å². The highest BCUT2D eigenvalue weighted by Gasteiger charge is 2.22. The van der Waals surface area contributed by atoms with Crippen LogP contribution in [-0.2, 0) is 33.7 Å². The minimum absolute atomic E-state index is 0.0134. The molecule has 0 saturated heterocycles. The fourth-order valence-corrected chi connectivity index (χ4v) is 5.37. The maximum absolute atomic E-state index is 13.7. The summed E-state index contributed by atoms with van der Waals surface area (Å²) in [4.78, 5) is 32.9. The molecule has 0 aliphatic rings. The smallest absolute Gasteiger partial charge is 0.242 e. The second-order valence-electron chi connectivity index (χ2n) is 9.62. The summed E-state index contributed by atoms with van der Waals surface area (Å²) >= 11 is 1.69. The van der Waals surface area contributed by atoms with Gasteiger partial charge in [0, 0.05) is 42.5 Å². The quantitative estimate of drug-likeness (QED) is 0.201. The fourth-order valence-electron chi connectivity index (χ4n) is 4.46. The molecule has 0 spiro atoms.